The van der Waals surface area contributed by atoms with Gasteiger partial charge in [-0.15, -0.1) is 11.3 Å². The minimum absolute atomic E-state index is 0.0840. The standard InChI is InChI=1S/C27H25BrN2O5S/c1-3-32-21-11-16(10-18(28)24(21)33-12-15-5-7-19-20(9-15)35-13-34-19)25-29-26(31)23-17-6-4-14(2)8-22(17)36-27(23)30-25/h5,7,9-11,14H,3-4,6,8,12-13H2,1-2H3,(H,29,30,31). The number of nitrogens with one attached hydrogen (secondary N) is 1. The van der Waals surface area contributed by atoms with Gasteiger partial charge in [0.1, 0.15) is 17.3 Å². The van der Waals surface area contributed by atoms with E-state index in [-0.39, 0.29) is 12.4 Å². The maximum absolute atomic E-state index is 13.1. The fourth-order valence-corrected chi connectivity index (χ4v) is 6.72. The molecule has 9 heteroatoms. The Kier molecular flexibility index (Phi) is 6.13. The number of fused-ring (bicyclic) bond motifs is 4. The van der Waals surface area contributed by atoms with E-state index in [2.05, 4.69) is 27.8 Å². The third kappa shape index (κ3) is 4.24. The first-order valence-electron chi connectivity index (χ1n) is 12.0. The SMILES string of the molecule is CCOc1cc(-c2nc3sc4c(c3c(=O)[nH]2)CCC(C)C4)cc(Br)c1OCc1ccc2c(c1)OCO2. The van der Waals surface area contributed by atoms with Crippen LogP contribution in [0.3, 0.4) is 0 Å². The highest BCUT2D eigenvalue weighted by Crippen LogP contribution is 2.41. The van der Waals surface area contributed by atoms with Crippen LogP contribution in [0, 0.1) is 5.92 Å². The number of hydrogen-bond acceptors (Lipinski definition) is 7. The number of aromatic amines is 1. The van der Waals surface area contributed by atoms with Crippen molar-refractivity contribution in [1.82, 2.24) is 9.97 Å². The molecule has 0 saturated heterocycles. The number of hydrogen-bond donors (Lipinski definition) is 1. The molecule has 0 amide bonds. The second-order valence-corrected chi connectivity index (χ2v) is 11.1. The first kappa shape index (κ1) is 23.4. The summed E-state index contributed by atoms with van der Waals surface area (Å²) in [5, 5.41) is 0.749. The Labute approximate surface area is 220 Å². The zero-order chi connectivity index (χ0) is 24.8. The van der Waals surface area contributed by atoms with E-state index in [9.17, 15) is 4.79 Å². The topological polar surface area (TPSA) is 82.7 Å². The summed E-state index contributed by atoms with van der Waals surface area (Å²) in [7, 11) is 0. The van der Waals surface area contributed by atoms with Crippen LogP contribution in [0.15, 0.2) is 39.6 Å². The van der Waals surface area contributed by atoms with Gasteiger partial charge in [0, 0.05) is 10.4 Å². The third-order valence-corrected chi connectivity index (χ3v) is 8.31. The Morgan fingerprint density at radius 3 is 2.92 bits per heavy atom. The smallest absolute Gasteiger partial charge is 0.260 e. The predicted molar refractivity (Wildman–Crippen MR) is 143 cm³/mol. The highest BCUT2D eigenvalue weighted by atomic mass is 79.9. The van der Waals surface area contributed by atoms with Gasteiger partial charge >= 0.3 is 0 Å². The van der Waals surface area contributed by atoms with Gasteiger partial charge in [0.15, 0.2) is 23.0 Å². The van der Waals surface area contributed by atoms with Gasteiger partial charge in [-0.3, -0.25) is 4.79 Å². The van der Waals surface area contributed by atoms with E-state index in [1.165, 1.54) is 10.4 Å². The van der Waals surface area contributed by atoms with Crippen LogP contribution in [0.4, 0.5) is 0 Å². The van der Waals surface area contributed by atoms with Crippen LogP contribution < -0.4 is 24.5 Å². The van der Waals surface area contributed by atoms with Crippen molar-refractivity contribution in [2.75, 3.05) is 13.4 Å². The maximum Gasteiger partial charge on any atom is 0.260 e. The molecule has 186 valence electrons. The van der Waals surface area contributed by atoms with Gasteiger partial charge < -0.3 is 23.9 Å². The third-order valence-electron chi connectivity index (χ3n) is 6.57. The Morgan fingerprint density at radius 2 is 2.06 bits per heavy atom. The molecule has 0 saturated carbocycles. The Morgan fingerprint density at radius 1 is 1.19 bits per heavy atom. The molecule has 36 heavy (non-hydrogen) atoms. The number of thiophene rings is 1. The van der Waals surface area contributed by atoms with Crippen molar-refractivity contribution in [2.45, 2.75) is 39.7 Å². The van der Waals surface area contributed by atoms with Gasteiger partial charge in [0.05, 0.1) is 16.5 Å². The van der Waals surface area contributed by atoms with E-state index in [0.717, 1.165) is 46.4 Å². The van der Waals surface area contributed by atoms with Crippen molar-refractivity contribution in [2.24, 2.45) is 5.92 Å². The number of halogens is 1. The van der Waals surface area contributed by atoms with Crippen molar-refractivity contribution < 1.29 is 18.9 Å². The van der Waals surface area contributed by atoms with E-state index in [1.54, 1.807) is 11.3 Å². The average Bonchev–Trinajstić information content (AvgIpc) is 3.47. The second kappa shape index (κ2) is 9.44. The summed E-state index contributed by atoms with van der Waals surface area (Å²) < 4.78 is 23.6. The molecule has 0 radical (unpaired) electrons. The first-order valence-corrected chi connectivity index (χ1v) is 13.6. The van der Waals surface area contributed by atoms with Gasteiger partial charge in [-0.25, -0.2) is 4.98 Å². The molecule has 2 aliphatic rings. The molecule has 0 fully saturated rings. The number of nitrogens with zero attached hydrogens (tertiary/aromatic N) is 1. The quantitative estimate of drug-likeness (QED) is 0.296. The van der Waals surface area contributed by atoms with Crippen LogP contribution in [0.25, 0.3) is 21.6 Å². The number of ether oxygens (including phenoxy) is 4. The van der Waals surface area contributed by atoms with Gasteiger partial charge in [-0.2, -0.15) is 0 Å². The molecule has 3 heterocycles. The Balaban J connectivity index is 1.33. The lowest BCUT2D eigenvalue weighted by atomic mass is 9.89. The van der Waals surface area contributed by atoms with Crippen LogP contribution in [0.5, 0.6) is 23.0 Å². The Bertz CT molecular complexity index is 1530. The van der Waals surface area contributed by atoms with Gasteiger partial charge in [0.25, 0.3) is 5.56 Å². The van der Waals surface area contributed by atoms with Crippen LogP contribution in [-0.4, -0.2) is 23.4 Å². The number of aryl methyl sites for hydroxylation is 1. The Hall–Kier alpha value is -3.04. The molecule has 1 aliphatic carbocycles. The average molecular weight is 569 g/mol. The summed E-state index contributed by atoms with van der Waals surface area (Å²) in [6, 6.07) is 9.50. The fraction of sp³-hybridized carbons (Fsp3) is 0.333. The van der Waals surface area contributed by atoms with Crippen LogP contribution in [0.2, 0.25) is 0 Å². The molecule has 2 aromatic heterocycles. The molecule has 7 nitrogen and oxygen atoms in total. The fourth-order valence-electron chi connectivity index (χ4n) is 4.78. The largest absolute Gasteiger partial charge is 0.490 e. The zero-order valence-electron chi connectivity index (χ0n) is 20.0. The molecule has 1 aliphatic heterocycles. The van der Waals surface area contributed by atoms with E-state index in [1.807, 2.05) is 37.3 Å². The molecule has 1 unspecified atom stereocenters. The monoisotopic (exact) mass is 568 g/mol. The van der Waals surface area contributed by atoms with E-state index >= 15 is 0 Å². The second-order valence-electron chi connectivity index (χ2n) is 9.14. The van der Waals surface area contributed by atoms with E-state index < -0.39 is 0 Å². The molecular formula is C27H25BrN2O5S. The lowest BCUT2D eigenvalue weighted by molar-refractivity contribution is 0.174. The number of H-pyrrole nitrogens is 1. The van der Waals surface area contributed by atoms with E-state index in [4.69, 9.17) is 23.9 Å². The molecular weight excluding hydrogens is 544 g/mol. The summed E-state index contributed by atoms with van der Waals surface area (Å²) in [6.45, 7) is 5.21. The van der Waals surface area contributed by atoms with Crippen molar-refractivity contribution in [3.63, 3.8) is 0 Å². The van der Waals surface area contributed by atoms with Crippen LogP contribution in [0.1, 0.15) is 36.3 Å². The summed E-state index contributed by atoms with van der Waals surface area (Å²) in [4.78, 5) is 23.1. The molecule has 0 spiro atoms. The zero-order valence-corrected chi connectivity index (χ0v) is 22.4. The minimum atomic E-state index is -0.0840. The van der Waals surface area contributed by atoms with Crippen molar-refractivity contribution in [3.05, 3.63) is 61.2 Å². The molecule has 4 aromatic rings. The lowest BCUT2D eigenvalue weighted by Crippen LogP contribution is -2.13. The molecule has 2 aromatic carbocycles. The first-order chi connectivity index (χ1) is 17.5. The van der Waals surface area contributed by atoms with E-state index in [0.29, 0.717) is 46.7 Å². The van der Waals surface area contributed by atoms with Crippen molar-refractivity contribution in [3.8, 4) is 34.4 Å². The maximum atomic E-state index is 13.1. The van der Waals surface area contributed by atoms with Crippen molar-refractivity contribution >= 4 is 37.5 Å². The minimum Gasteiger partial charge on any atom is -0.490 e. The van der Waals surface area contributed by atoms with Gasteiger partial charge in [-0.05, 0) is 83.4 Å². The summed E-state index contributed by atoms with van der Waals surface area (Å²) >= 11 is 5.29. The molecule has 1 atom stereocenters. The number of benzene rings is 2. The van der Waals surface area contributed by atoms with Crippen molar-refractivity contribution in [1.29, 1.82) is 0 Å². The van der Waals surface area contributed by atoms with Gasteiger partial charge in [0.2, 0.25) is 6.79 Å². The summed E-state index contributed by atoms with van der Waals surface area (Å²) in [6.07, 6.45) is 3.06. The summed E-state index contributed by atoms with van der Waals surface area (Å²) in [5.74, 6) is 3.76. The molecule has 6 rings (SSSR count). The highest BCUT2D eigenvalue weighted by Gasteiger charge is 2.24. The molecule has 1 N–H and O–H groups in total. The van der Waals surface area contributed by atoms with Crippen LogP contribution in [-0.2, 0) is 19.4 Å². The predicted octanol–water partition coefficient (Wildman–Crippen LogP) is 6.25. The summed E-state index contributed by atoms with van der Waals surface area (Å²) in [5.41, 5.74) is 2.79. The number of aromatic nitrogens is 2. The highest BCUT2D eigenvalue weighted by molar-refractivity contribution is 9.10. The number of rotatable bonds is 6. The normalized spacial score (nSPS) is 16.2. The lowest BCUT2D eigenvalue weighted by Gasteiger charge is -2.17. The van der Waals surface area contributed by atoms with Crippen LogP contribution >= 0.6 is 27.3 Å². The van der Waals surface area contributed by atoms with Gasteiger partial charge in [-0.1, -0.05) is 13.0 Å². The molecule has 0 bridgehead atoms.